The van der Waals surface area contributed by atoms with Crippen LogP contribution in [0.15, 0.2) is 12.4 Å². The second-order valence-electron chi connectivity index (χ2n) is 3.45. The molecular weight excluding hydrogens is 228 g/mol. The number of nitrogens with zero attached hydrogens (tertiary/aromatic N) is 2. The van der Waals surface area contributed by atoms with Gasteiger partial charge in [0.1, 0.15) is 5.82 Å². The second kappa shape index (κ2) is 5.97. The number of hydrogen-bond acceptors (Lipinski definition) is 4. The van der Waals surface area contributed by atoms with Gasteiger partial charge in [-0.05, 0) is 6.54 Å². The van der Waals surface area contributed by atoms with Crippen molar-refractivity contribution in [3.8, 4) is 0 Å². The highest BCUT2D eigenvalue weighted by atomic mass is 32.2. The first-order valence-corrected chi connectivity index (χ1v) is 6.84. The highest BCUT2D eigenvalue weighted by Crippen LogP contribution is 1.94. The first kappa shape index (κ1) is 13.1. The number of hydrogen-bond donors (Lipinski definition) is 2. The molecule has 7 heteroatoms. The van der Waals surface area contributed by atoms with Crippen molar-refractivity contribution in [3.63, 3.8) is 0 Å². The molecule has 0 saturated carbocycles. The molecular formula is C9H18N4O2S. The molecule has 0 amide bonds. The summed E-state index contributed by atoms with van der Waals surface area (Å²) in [4.78, 5) is 4.04. The maximum Gasteiger partial charge on any atom is 0.213 e. The number of sulfonamides is 1. The molecule has 0 bridgehead atoms. The van der Waals surface area contributed by atoms with Crippen LogP contribution in [0.2, 0.25) is 0 Å². The van der Waals surface area contributed by atoms with Crippen molar-refractivity contribution in [1.29, 1.82) is 0 Å². The molecule has 1 heterocycles. The van der Waals surface area contributed by atoms with E-state index in [0.717, 1.165) is 6.54 Å². The van der Waals surface area contributed by atoms with Crippen LogP contribution < -0.4 is 10.0 Å². The van der Waals surface area contributed by atoms with Gasteiger partial charge < -0.3 is 9.88 Å². The molecule has 0 aliphatic rings. The standard InChI is InChI=1S/C9H18N4O2S/c1-3-10-5-7-16(14,15)12-8-9-11-4-6-13(9)2/h4,6,10,12H,3,5,7-8H2,1-2H3. The van der Waals surface area contributed by atoms with E-state index >= 15 is 0 Å². The number of imidazole rings is 1. The fraction of sp³-hybridized carbons (Fsp3) is 0.667. The minimum absolute atomic E-state index is 0.0886. The van der Waals surface area contributed by atoms with Crippen LogP contribution in [0, 0.1) is 0 Å². The van der Waals surface area contributed by atoms with E-state index in [9.17, 15) is 8.42 Å². The molecule has 0 radical (unpaired) electrons. The van der Waals surface area contributed by atoms with E-state index < -0.39 is 10.0 Å². The molecule has 92 valence electrons. The summed E-state index contributed by atoms with van der Waals surface area (Å²) in [5, 5.41) is 2.97. The fourth-order valence-electron chi connectivity index (χ4n) is 1.20. The lowest BCUT2D eigenvalue weighted by molar-refractivity contribution is 0.574. The van der Waals surface area contributed by atoms with E-state index in [1.165, 1.54) is 0 Å². The molecule has 0 unspecified atom stereocenters. The van der Waals surface area contributed by atoms with Crippen LogP contribution in [0.5, 0.6) is 0 Å². The van der Waals surface area contributed by atoms with Gasteiger partial charge in [0.25, 0.3) is 0 Å². The third kappa shape index (κ3) is 4.30. The van der Waals surface area contributed by atoms with Gasteiger partial charge in [-0.15, -0.1) is 0 Å². The average Bonchev–Trinajstić information content (AvgIpc) is 2.62. The predicted octanol–water partition coefficient (Wildman–Crippen LogP) is -0.551. The van der Waals surface area contributed by atoms with Crippen molar-refractivity contribution in [2.45, 2.75) is 13.5 Å². The Morgan fingerprint density at radius 1 is 1.50 bits per heavy atom. The Hall–Kier alpha value is -0.920. The van der Waals surface area contributed by atoms with Gasteiger partial charge in [0.05, 0.1) is 12.3 Å². The molecule has 0 spiro atoms. The van der Waals surface area contributed by atoms with E-state index in [1.807, 2.05) is 14.0 Å². The third-order valence-corrected chi connectivity index (χ3v) is 3.49. The first-order valence-electron chi connectivity index (χ1n) is 5.19. The summed E-state index contributed by atoms with van der Waals surface area (Å²) in [5.41, 5.74) is 0. The predicted molar refractivity (Wildman–Crippen MR) is 62.4 cm³/mol. The summed E-state index contributed by atoms with van der Waals surface area (Å²) in [6.45, 7) is 3.41. The van der Waals surface area contributed by atoms with E-state index in [-0.39, 0.29) is 12.3 Å². The lowest BCUT2D eigenvalue weighted by Gasteiger charge is -2.06. The van der Waals surface area contributed by atoms with Crippen molar-refractivity contribution in [3.05, 3.63) is 18.2 Å². The summed E-state index contributed by atoms with van der Waals surface area (Å²) in [6, 6.07) is 0. The van der Waals surface area contributed by atoms with Gasteiger partial charge in [-0.3, -0.25) is 0 Å². The number of rotatable bonds is 7. The maximum atomic E-state index is 11.5. The Balaban J connectivity index is 2.39. The minimum Gasteiger partial charge on any atom is -0.337 e. The van der Waals surface area contributed by atoms with E-state index in [4.69, 9.17) is 0 Å². The molecule has 0 atom stereocenters. The van der Waals surface area contributed by atoms with Gasteiger partial charge in [0.15, 0.2) is 0 Å². The van der Waals surface area contributed by atoms with E-state index in [0.29, 0.717) is 12.4 Å². The average molecular weight is 246 g/mol. The Labute approximate surface area is 96.1 Å². The molecule has 1 aromatic rings. The van der Waals surface area contributed by atoms with E-state index in [2.05, 4.69) is 15.0 Å². The van der Waals surface area contributed by atoms with Crippen LogP contribution in [0.3, 0.4) is 0 Å². The Morgan fingerprint density at radius 3 is 2.81 bits per heavy atom. The van der Waals surface area contributed by atoms with Gasteiger partial charge >= 0.3 is 0 Å². The van der Waals surface area contributed by atoms with Crippen LogP contribution in [-0.4, -0.2) is 36.8 Å². The molecule has 1 aromatic heterocycles. The number of nitrogens with one attached hydrogen (secondary N) is 2. The summed E-state index contributed by atoms with van der Waals surface area (Å²) < 4.78 is 27.3. The minimum atomic E-state index is -3.21. The van der Waals surface area contributed by atoms with E-state index in [1.54, 1.807) is 17.0 Å². The molecule has 0 fully saturated rings. The third-order valence-electron chi connectivity index (χ3n) is 2.17. The topological polar surface area (TPSA) is 76.0 Å². The smallest absolute Gasteiger partial charge is 0.213 e. The largest absolute Gasteiger partial charge is 0.337 e. The maximum absolute atomic E-state index is 11.5. The summed E-state index contributed by atoms with van der Waals surface area (Å²) in [7, 11) is -1.38. The van der Waals surface area contributed by atoms with Crippen LogP contribution in [0.1, 0.15) is 12.7 Å². The Kier molecular flexibility index (Phi) is 4.91. The van der Waals surface area contributed by atoms with Crippen LogP contribution in [-0.2, 0) is 23.6 Å². The van der Waals surface area contributed by atoms with Crippen LogP contribution in [0.25, 0.3) is 0 Å². The molecule has 0 aliphatic heterocycles. The second-order valence-corrected chi connectivity index (χ2v) is 5.37. The molecule has 1 rings (SSSR count). The lowest BCUT2D eigenvalue weighted by Crippen LogP contribution is -2.32. The Morgan fingerprint density at radius 2 is 2.25 bits per heavy atom. The summed E-state index contributed by atoms with van der Waals surface area (Å²) >= 11 is 0. The van der Waals surface area contributed by atoms with Crippen molar-refractivity contribution in [2.75, 3.05) is 18.8 Å². The number of aromatic nitrogens is 2. The van der Waals surface area contributed by atoms with Crippen molar-refractivity contribution < 1.29 is 8.42 Å². The highest BCUT2D eigenvalue weighted by Gasteiger charge is 2.10. The lowest BCUT2D eigenvalue weighted by atomic mass is 10.6. The first-order chi connectivity index (χ1) is 7.55. The van der Waals surface area contributed by atoms with Crippen LogP contribution in [0.4, 0.5) is 0 Å². The molecule has 0 aliphatic carbocycles. The van der Waals surface area contributed by atoms with Crippen molar-refractivity contribution in [1.82, 2.24) is 19.6 Å². The monoisotopic (exact) mass is 246 g/mol. The van der Waals surface area contributed by atoms with Gasteiger partial charge in [-0.1, -0.05) is 6.92 Å². The Bertz CT molecular complexity index is 413. The molecule has 16 heavy (non-hydrogen) atoms. The number of aryl methyl sites for hydroxylation is 1. The summed E-state index contributed by atoms with van der Waals surface area (Å²) in [6.07, 6.45) is 3.42. The van der Waals surface area contributed by atoms with Crippen molar-refractivity contribution in [2.24, 2.45) is 7.05 Å². The zero-order chi connectivity index (χ0) is 12.0. The van der Waals surface area contributed by atoms with Gasteiger partial charge in [-0.2, -0.15) is 0 Å². The molecule has 2 N–H and O–H groups in total. The van der Waals surface area contributed by atoms with Gasteiger partial charge in [0.2, 0.25) is 10.0 Å². The molecule has 0 saturated heterocycles. The van der Waals surface area contributed by atoms with Gasteiger partial charge in [0, 0.05) is 26.0 Å². The SMILES string of the molecule is CCNCCS(=O)(=O)NCc1nccn1C. The van der Waals surface area contributed by atoms with Crippen LogP contribution >= 0.6 is 0 Å². The summed E-state index contributed by atoms with van der Waals surface area (Å²) in [5.74, 6) is 0.790. The fourth-order valence-corrected chi connectivity index (χ4v) is 2.10. The zero-order valence-corrected chi connectivity index (χ0v) is 10.4. The van der Waals surface area contributed by atoms with Crippen molar-refractivity contribution >= 4 is 10.0 Å². The van der Waals surface area contributed by atoms with Gasteiger partial charge in [-0.25, -0.2) is 18.1 Å². The molecule has 6 nitrogen and oxygen atoms in total. The molecule has 0 aromatic carbocycles. The highest BCUT2D eigenvalue weighted by molar-refractivity contribution is 7.89. The quantitative estimate of drug-likeness (QED) is 0.633. The zero-order valence-electron chi connectivity index (χ0n) is 9.60. The normalized spacial score (nSPS) is 11.9.